The Hall–Kier alpha value is 0.610. The van der Waals surface area contributed by atoms with E-state index in [0.29, 0.717) is 4.90 Å². The van der Waals surface area contributed by atoms with Crippen LogP contribution in [0, 0.1) is 0 Å². The minimum atomic E-state index is -0.0640. The quantitative estimate of drug-likeness (QED) is 0.398. The van der Waals surface area contributed by atoms with Gasteiger partial charge in [0.15, 0.2) is 5.16 Å². The standard InChI is InChI=1S/C9Cl7N3S/c10-1-2(11)4(13)6(5(14)3(1)12)20-9-18-7(15)17-8(16)19-9. The largest absolute Gasteiger partial charge is 0.227 e. The number of hydrogen-bond donors (Lipinski definition) is 0. The third-order valence-corrected chi connectivity index (χ3v) is 5.74. The van der Waals surface area contributed by atoms with E-state index in [4.69, 9.17) is 81.2 Å². The number of benzene rings is 1. The highest BCUT2D eigenvalue weighted by atomic mass is 35.5. The van der Waals surface area contributed by atoms with Gasteiger partial charge in [-0.15, -0.1) is 0 Å². The zero-order chi connectivity index (χ0) is 15.0. The van der Waals surface area contributed by atoms with Crippen molar-refractivity contribution in [2.45, 2.75) is 10.1 Å². The molecule has 0 bridgehead atoms. The van der Waals surface area contributed by atoms with Crippen LogP contribution in [0.1, 0.15) is 0 Å². The Morgan fingerprint density at radius 2 is 0.950 bits per heavy atom. The van der Waals surface area contributed by atoms with Crippen LogP contribution in [0.25, 0.3) is 0 Å². The number of rotatable bonds is 2. The Morgan fingerprint density at radius 3 is 1.40 bits per heavy atom. The third kappa shape index (κ3) is 3.50. The summed E-state index contributed by atoms with van der Waals surface area (Å²) in [6.45, 7) is 0. The Labute approximate surface area is 152 Å². The molecule has 0 aliphatic carbocycles. The summed E-state index contributed by atoms with van der Waals surface area (Å²) < 4.78 is 0. The summed E-state index contributed by atoms with van der Waals surface area (Å²) in [5.41, 5.74) is 0. The second-order valence-corrected chi connectivity index (χ2v) is 6.70. The van der Waals surface area contributed by atoms with Crippen LogP contribution in [0.4, 0.5) is 0 Å². The molecule has 0 atom stereocenters. The van der Waals surface area contributed by atoms with Crippen LogP contribution in [-0.2, 0) is 0 Å². The third-order valence-electron chi connectivity index (χ3n) is 1.92. The van der Waals surface area contributed by atoms with Gasteiger partial charge in [0.05, 0.1) is 30.0 Å². The lowest BCUT2D eigenvalue weighted by Gasteiger charge is -2.11. The number of halogens is 7. The predicted molar refractivity (Wildman–Crippen MR) is 85.5 cm³/mol. The smallest absolute Gasteiger partial charge is 0.191 e. The fourth-order valence-corrected chi connectivity index (χ4v) is 3.90. The monoisotopic (exact) mass is 427 g/mol. The van der Waals surface area contributed by atoms with E-state index in [9.17, 15) is 0 Å². The van der Waals surface area contributed by atoms with Crippen molar-refractivity contribution in [3.05, 3.63) is 35.7 Å². The van der Waals surface area contributed by atoms with Crippen molar-refractivity contribution >= 4 is 93.0 Å². The highest BCUT2D eigenvalue weighted by Crippen LogP contribution is 2.49. The Morgan fingerprint density at radius 1 is 0.550 bits per heavy atom. The molecule has 3 nitrogen and oxygen atoms in total. The van der Waals surface area contributed by atoms with Gasteiger partial charge >= 0.3 is 0 Å². The van der Waals surface area contributed by atoms with E-state index in [-0.39, 0.29) is 40.8 Å². The SMILES string of the molecule is Clc1nc(Cl)nc(Sc2c(Cl)c(Cl)c(Cl)c(Cl)c2Cl)n1. The van der Waals surface area contributed by atoms with E-state index in [1.807, 2.05) is 0 Å². The molecule has 106 valence electrons. The van der Waals surface area contributed by atoms with Crippen molar-refractivity contribution in [1.29, 1.82) is 0 Å². The maximum atomic E-state index is 6.09. The lowest BCUT2D eigenvalue weighted by molar-refractivity contribution is 0.904. The fourth-order valence-electron chi connectivity index (χ4n) is 1.12. The van der Waals surface area contributed by atoms with Crippen LogP contribution >= 0.6 is 93.0 Å². The molecule has 0 unspecified atom stereocenters. The van der Waals surface area contributed by atoms with Crippen molar-refractivity contribution < 1.29 is 0 Å². The minimum Gasteiger partial charge on any atom is -0.191 e. The maximum absolute atomic E-state index is 6.09. The van der Waals surface area contributed by atoms with Crippen molar-refractivity contribution in [3.63, 3.8) is 0 Å². The molecule has 1 aromatic carbocycles. The first kappa shape index (κ1) is 17.0. The van der Waals surface area contributed by atoms with Gasteiger partial charge in [-0.05, 0) is 35.0 Å². The Bertz CT molecular complexity index is 644. The Balaban J connectivity index is 2.54. The van der Waals surface area contributed by atoms with Gasteiger partial charge in [0.1, 0.15) is 0 Å². The molecule has 0 aliphatic rings. The van der Waals surface area contributed by atoms with E-state index in [1.54, 1.807) is 0 Å². The summed E-state index contributed by atoms with van der Waals surface area (Å²) in [6.07, 6.45) is 0. The van der Waals surface area contributed by atoms with E-state index >= 15 is 0 Å². The van der Waals surface area contributed by atoms with Crippen LogP contribution in [0.3, 0.4) is 0 Å². The summed E-state index contributed by atoms with van der Waals surface area (Å²) in [6, 6.07) is 0. The first-order valence-corrected chi connectivity index (χ1v) is 8.04. The lowest BCUT2D eigenvalue weighted by Crippen LogP contribution is -1.93. The topological polar surface area (TPSA) is 38.7 Å². The first-order chi connectivity index (χ1) is 9.31. The molecule has 20 heavy (non-hydrogen) atoms. The molecule has 0 radical (unpaired) electrons. The molecule has 0 aliphatic heterocycles. The van der Waals surface area contributed by atoms with E-state index < -0.39 is 0 Å². The molecule has 0 fully saturated rings. The number of aromatic nitrogens is 3. The number of hydrogen-bond acceptors (Lipinski definition) is 4. The summed E-state index contributed by atoms with van der Waals surface area (Å²) in [5.74, 6) is 0. The summed E-state index contributed by atoms with van der Waals surface area (Å²) in [7, 11) is 0. The Kier molecular flexibility index (Phi) is 5.77. The van der Waals surface area contributed by atoms with Crippen molar-refractivity contribution in [1.82, 2.24) is 15.0 Å². The predicted octanol–water partition coefficient (Wildman–Crippen LogP) is 6.60. The second-order valence-electron chi connectivity index (χ2n) is 3.16. The molecule has 0 spiro atoms. The van der Waals surface area contributed by atoms with Gasteiger partial charge in [0, 0.05) is 0 Å². The minimum absolute atomic E-state index is 0.0640. The zero-order valence-corrected chi connectivity index (χ0v) is 15.0. The molecule has 1 aromatic heterocycles. The normalized spacial score (nSPS) is 10.9. The average Bonchev–Trinajstić information content (AvgIpc) is 2.38. The van der Waals surface area contributed by atoms with E-state index in [2.05, 4.69) is 15.0 Å². The van der Waals surface area contributed by atoms with E-state index in [0.717, 1.165) is 11.8 Å². The molecule has 11 heteroatoms. The van der Waals surface area contributed by atoms with Crippen LogP contribution in [0.15, 0.2) is 10.1 Å². The highest BCUT2D eigenvalue weighted by Gasteiger charge is 2.21. The first-order valence-electron chi connectivity index (χ1n) is 4.57. The molecule has 2 rings (SSSR count). The fraction of sp³-hybridized carbons (Fsp3) is 0. The van der Waals surface area contributed by atoms with Crippen LogP contribution in [-0.4, -0.2) is 15.0 Å². The van der Waals surface area contributed by atoms with Crippen molar-refractivity contribution in [2.24, 2.45) is 0 Å². The average molecular weight is 430 g/mol. The second kappa shape index (κ2) is 6.80. The van der Waals surface area contributed by atoms with Crippen molar-refractivity contribution in [2.75, 3.05) is 0 Å². The van der Waals surface area contributed by atoms with E-state index in [1.165, 1.54) is 0 Å². The summed E-state index contributed by atoms with van der Waals surface area (Å²) in [5, 5.41) is 0.546. The molecule has 2 aromatic rings. The van der Waals surface area contributed by atoms with Gasteiger partial charge < -0.3 is 0 Å². The van der Waals surface area contributed by atoms with Crippen molar-refractivity contribution in [3.8, 4) is 0 Å². The maximum Gasteiger partial charge on any atom is 0.227 e. The molecule has 0 N–H and O–H groups in total. The molecular formula is C9Cl7N3S. The van der Waals surface area contributed by atoms with Gasteiger partial charge in [0.25, 0.3) is 0 Å². The zero-order valence-electron chi connectivity index (χ0n) is 8.90. The van der Waals surface area contributed by atoms with Gasteiger partial charge in [-0.1, -0.05) is 58.0 Å². The summed E-state index contributed by atoms with van der Waals surface area (Å²) >= 11 is 42.3. The lowest BCUT2D eigenvalue weighted by atomic mass is 10.3. The summed E-state index contributed by atoms with van der Waals surface area (Å²) in [4.78, 5) is 11.7. The molecular weight excluding hydrogens is 430 g/mol. The van der Waals surface area contributed by atoms with Gasteiger partial charge in [0.2, 0.25) is 10.6 Å². The molecule has 0 saturated heterocycles. The van der Waals surface area contributed by atoms with Crippen LogP contribution in [0.2, 0.25) is 35.7 Å². The molecule has 0 saturated carbocycles. The van der Waals surface area contributed by atoms with Crippen LogP contribution < -0.4 is 0 Å². The van der Waals surface area contributed by atoms with Crippen LogP contribution in [0.5, 0.6) is 0 Å². The highest BCUT2D eigenvalue weighted by molar-refractivity contribution is 7.99. The molecule has 0 amide bonds. The molecule has 1 heterocycles. The number of nitrogens with zero attached hydrogens (tertiary/aromatic N) is 3. The van der Waals surface area contributed by atoms with Gasteiger partial charge in [-0.2, -0.15) is 15.0 Å². The van der Waals surface area contributed by atoms with Gasteiger partial charge in [-0.3, -0.25) is 0 Å². The van der Waals surface area contributed by atoms with Gasteiger partial charge in [-0.25, -0.2) is 0 Å².